The number of rotatable bonds is 5. The fraction of sp³-hybridized carbons (Fsp3) is 0.545. The van der Waals surface area contributed by atoms with Crippen molar-refractivity contribution < 1.29 is 13.9 Å². The van der Waals surface area contributed by atoms with Crippen LogP contribution < -0.4 is 5.56 Å². The molecule has 2 saturated heterocycles. The first kappa shape index (κ1) is 18.9. The Bertz CT molecular complexity index is 974. The summed E-state index contributed by atoms with van der Waals surface area (Å²) in [5.41, 5.74) is 0.0685. The van der Waals surface area contributed by atoms with Gasteiger partial charge >= 0.3 is 0 Å². The monoisotopic (exact) mass is 401 g/mol. The second-order valence-electron chi connectivity index (χ2n) is 8.93. The van der Waals surface area contributed by atoms with Crippen LogP contribution in [0.1, 0.15) is 55.7 Å². The van der Waals surface area contributed by atoms with Crippen molar-refractivity contribution in [1.29, 1.82) is 0 Å². The fourth-order valence-electron chi connectivity index (χ4n) is 5.12. The Morgan fingerprint density at radius 1 is 1.07 bits per heavy atom. The van der Waals surface area contributed by atoms with Crippen LogP contribution in [-0.2, 0) is 13.1 Å². The Kier molecular flexibility index (Phi) is 4.55. The maximum absolute atomic E-state index is 14.1. The molecule has 1 N–H and O–H groups in total. The van der Waals surface area contributed by atoms with Crippen molar-refractivity contribution in [1.82, 2.24) is 14.7 Å². The Morgan fingerprint density at radius 2 is 1.79 bits per heavy atom. The molecule has 2 unspecified atom stereocenters. The molecule has 3 aliphatic rings. The standard InChI is InChI=1S/C22H25F2N3O2/c23-18-3-1-2-15(21(18)24)12-26-16-6-7-17(26)11-22(29,10-16)13-27-20(28)9-8-19(25-27)14-4-5-14/h1-3,8-9,14,16-17,29H,4-7,10-13H2. The molecular weight excluding hydrogens is 376 g/mol. The lowest BCUT2D eigenvalue weighted by atomic mass is 9.85. The molecule has 0 radical (unpaired) electrons. The van der Waals surface area contributed by atoms with E-state index in [1.165, 1.54) is 10.7 Å². The average molecular weight is 401 g/mol. The summed E-state index contributed by atoms with van der Waals surface area (Å²) < 4.78 is 29.1. The zero-order chi connectivity index (χ0) is 20.2. The van der Waals surface area contributed by atoms with Gasteiger partial charge in [0, 0.05) is 36.2 Å². The number of hydrogen-bond acceptors (Lipinski definition) is 4. The molecule has 2 aromatic rings. The predicted molar refractivity (Wildman–Crippen MR) is 103 cm³/mol. The average Bonchev–Trinajstić information content (AvgIpc) is 3.49. The number of benzene rings is 1. The van der Waals surface area contributed by atoms with Crippen molar-refractivity contribution in [2.24, 2.45) is 0 Å². The van der Waals surface area contributed by atoms with E-state index in [9.17, 15) is 18.7 Å². The molecule has 1 aliphatic carbocycles. The number of piperidine rings is 1. The summed E-state index contributed by atoms with van der Waals surface area (Å²) in [6.07, 6.45) is 5.03. The molecule has 1 aromatic carbocycles. The Balaban J connectivity index is 1.33. The molecule has 0 spiro atoms. The van der Waals surface area contributed by atoms with E-state index >= 15 is 0 Å². The molecule has 5 nitrogen and oxygen atoms in total. The molecule has 7 heteroatoms. The van der Waals surface area contributed by atoms with Crippen LogP contribution >= 0.6 is 0 Å². The lowest BCUT2D eigenvalue weighted by molar-refractivity contribution is -0.0680. The van der Waals surface area contributed by atoms with Gasteiger partial charge in [0.25, 0.3) is 5.56 Å². The predicted octanol–water partition coefficient (Wildman–Crippen LogP) is 2.96. The highest BCUT2D eigenvalue weighted by molar-refractivity contribution is 5.20. The smallest absolute Gasteiger partial charge is 0.266 e. The highest BCUT2D eigenvalue weighted by Crippen LogP contribution is 2.42. The van der Waals surface area contributed by atoms with Crippen LogP contribution in [0.5, 0.6) is 0 Å². The minimum Gasteiger partial charge on any atom is -0.388 e. The molecule has 2 atom stereocenters. The van der Waals surface area contributed by atoms with E-state index < -0.39 is 17.2 Å². The molecule has 1 saturated carbocycles. The first-order valence-electron chi connectivity index (χ1n) is 10.4. The summed E-state index contributed by atoms with van der Waals surface area (Å²) in [6, 6.07) is 7.78. The van der Waals surface area contributed by atoms with E-state index in [4.69, 9.17) is 0 Å². The highest BCUT2D eigenvalue weighted by atomic mass is 19.2. The van der Waals surface area contributed by atoms with Crippen LogP contribution in [0.4, 0.5) is 8.78 Å². The minimum atomic E-state index is -1.01. The summed E-state index contributed by atoms with van der Waals surface area (Å²) in [5, 5.41) is 15.8. The van der Waals surface area contributed by atoms with Gasteiger partial charge in [0.2, 0.25) is 0 Å². The third-order valence-corrected chi connectivity index (χ3v) is 6.71. The van der Waals surface area contributed by atoms with Gasteiger partial charge in [-0.15, -0.1) is 0 Å². The lowest BCUT2D eigenvalue weighted by Gasteiger charge is -2.43. The summed E-state index contributed by atoms with van der Waals surface area (Å²) in [4.78, 5) is 14.5. The molecule has 0 amide bonds. The Morgan fingerprint density at radius 3 is 2.48 bits per heavy atom. The van der Waals surface area contributed by atoms with E-state index in [0.29, 0.717) is 30.9 Å². The van der Waals surface area contributed by atoms with Gasteiger partial charge in [-0.25, -0.2) is 13.5 Å². The van der Waals surface area contributed by atoms with Crippen molar-refractivity contribution in [3.8, 4) is 0 Å². The lowest BCUT2D eigenvalue weighted by Crippen LogP contribution is -2.53. The molecule has 5 rings (SSSR count). The highest BCUT2D eigenvalue weighted by Gasteiger charge is 2.48. The minimum absolute atomic E-state index is 0.0868. The van der Waals surface area contributed by atoms with Gasteiger partial charge in [-0.3, -0.25) is 9.69 Å². The molecule has 1 aromatic heterocycles. The molecule has 2 aliphatic heterocycles. The van der Waals surface area contributed by atoms with Gasteiger partial charge in [0.1, 0.15) is 0 Å². The summed E-state index contributed by atoms with van der Waals surface area (Å²) in [6.45, 7) is 0.520. The van der Waals surface area contributed by atoms with Gasteiger partial charge in [0.15, 0.2) is 11.6 Å². The van der Waals surface area contributed by atoms with Gasteiger partial charge in [-0.1, -0.05) is 12.1 Å². The number of halogens is 2. The first-order valence-corrected chi connectivity index (χ1v) is 10.4. The van der Waals surface area contributed by atoms with Crippen LogP contribution in [0.25, 0.3) is 0 Å². The molecule has 3 heterocycles. The van der Waals surface area contributed by atoms with E-state index in [0.717, 1.165) is 37.4 Å². The molecule has 29 heavy (non-hydrogen) atoms. The summed E-state index contributed by atoms with van der Waals surface area (Å²) in [5.74, 6) is -1.18. The summed E-state index contributed by atoms with van der Waals surface area (Å²) in [7, 11) is 0. The van der Waals surface area contributed by atoms with Crippen molar-refractivity contribution in [3.63, 3.8) is 0 Å². The van der Waals surface area contributed by atoms with E-state index in [1.54, 1.807) is 18.2 Å². The van der Waals surface area contributed by atoms with Crippen LogP contribution in [0.3, 0.4) is 0 Å². The molecular formula is C22H25F2N3O2. The SMILES string of the molecule is O=c1ccc(C2CC2)nn1CC1(O)CC2CCC(C1)N2Cc1cccc(F)c1F. The zero-order valence-corrected chi connectivity index (χ0v) is 16.2. The third kappa shape index (κ3) is 3.62. The Hall–Kier alpha value is -2.12. The van der Waals surface area contributed by atoms with Crippen molar-refractivity contribution in [2.75, 3.05) is 0 Å². The third-order valence-electron chi connectivity index (χ3n) is 6.71. The number of fused-ring (bicyclic) bond motifs is 2. The van der Waals surface area contributed by atoms with Crippen LogP contribution in [0, 0.1) is 11.6 Å². The maximum atomic E-state index is 14.1. The largest absolute Gasteiger partial charge is 0.388 e. The van der Waals surface area contributed by atoms with Crippen molar-refractivity contribution in [2.45, 2.75) is 75.2 Å². The first-order chi connectivity index (χ1) is 13.9. The molecule has 2 bridgehead atoms. The van der Waals surface area contributed by atoms with Crippen molar-refractivity contribution >= 4 is 0 Å². The maximum Gasteiger partial charge on any atom is 0.266 e. The topological polar surface area (TPSA) is 58.4 Å². The van der Waals surface area contributed by atoms with E-state index in [-0.39, 0.29) is 24.2 Å². The van der Waals surface area contributed by atoms with Gasteiger partial charge < -0.3 is 5.11 Å². The van der Waals surface area contributed by atoms with E-state index in [1.807, 2.05) is 0 Å². The van der Waals surface area contributed by atoms with E-state index in [2.05, 4.69) is 10.00 Å². The molecule has 154 valence electrons. The van der Waals surface area contributed by atoms with Gasteiger partial charge in [0.05, 0.1) is 17.8 Å². The summed E-state index contributed by atoms with van der Waals surface area (Å²) >= 11 is 0. The second kappa shape index (κ2) is 6.99. The number of aromatic nitrogens is 2. The molecule has 3 fully saturated rings. The number of aliphatic hydroxyl groups is 1. The number of hydrogen-bond donors (Lipinski definition) is 1. The second-order valence-corrected chi connectivity index (χ2v) is 8.93. The zero-order valence-electron chi connectivity index (χ0n) is 16.2. The Labute approximate surface area is 168 Å². The van der Waals surface area contributed by atoms with Crippen LogP contribution in [0.15, 0.2) is 35.1 Å². The quantitative estimate of drug-likeness (QED) is 0.837. The fourth-order valence-corrected chi connectivity index (χ4v) is 5.12. The van der Waals surface area contributed by atoms with Crippen molar-refractivity contribution in [3.05, 3.63) is 63.6 Å². The van der Waals surface area contributed by atoms with Gasteiger partial charge in [-0.2, -0.15) is 5.10 Å². The number of nitrogens with zero attached hydrogens (tertiary/aromatic N) is 3. The van der Waals surface area contributed by atoms with Gasteiger partial charge in [-0.05, 0) is 50.7 Å². The normalized spacial score (nSPS) is 29.3. The van der Waals surface area contributed by atoms with Crippen LogP contribution in [0.2, 0.25) is 0 Å². The van der Waals surface area contributed by atoms with Crippen LogP contribution in [-0.4, -0.2) is 37.5 Å².